The van der Waals surface area contributed by atoms with Crippen molar-refractivity contribution in [3.05, 3.63) is 52.3 Å². The first-order valence-electron chi connectivity index (χ1n) is 8.99. The lowest BCUT2D eigenvalue weighted by Gasteiger charge is -2.19. The van der Waals surface area contributed by atoms with Crippen molar-refractivity contribution in [2.45, 2.75) is 53.1 Å². The number of rotatable bonds is 6. The highest BCUT2D eigenvalue weighted by atomic mass is 15.3. The number of guanidine groups is 1. The van der Waals surface area contributed by atoms with E-state index in [1.54, 1.807) is 0 Å². The standard InChI is InChI=1S/C20H31N5/c1-7-17-10-8-9-11-18(17)13-22-20(21-5)23-14(2)12-19-15(3)24-25(6)16(19)4/h8-11,14H,7,12-13H2,1-6H3,(H2,21,22,23). The highest BCUT2D eigenvalue weighted by Crippen LogP contribution is 2.14. The SMILES string of the molecule is CCc1ccccc1CNC(=NC)NC(C)Cc1c(C)nn(C)c1C. The van der Waals surface area contributed by atoms with Crippen molar-refractivity contribution in [3.8, 4) is 0 Å². The third-order valence-corrected chi connectivity index (χ3v) is 4.72. The van der Waals surface area contributed by atoms with Crippen LogP contribution in [0.15, 0.2) is 29.3 Å². The summed E-state index contributed by atoms with van der Waals surface area (Å²) in [5.74, 6) is 0.831. The Morgan fingerprint density at radius 3 is 2.48 bits per heavy atom. The molecule has 0 aliphatic carbocycles. The van der Waals surface area contributed by atoms with Gasteiger partial charge >= 0.3 is 0 Å². The summed E-state index contributed by atoms with van der Waals surface area (Å²) < 4.78 is 1.95. The second kappa shape index (κ2) is 8.70. The van der Waals surface area contributed by atoms with Crippen molar-refractivity contribution in [3.63, 3.8) is 0 Å². The second-order valence-corrected chi connectivity index (χ2v) is 6.57. The van der Waals surface area contributed by atoms with Crippen LogP contribution in [-0.2, 0) is 26.4 Å². The van der Waals surface area contributed by atoms with E-state index in [9.17, 15) is 0 Å². The second-order valence-electron chi connectivity index (χ2n) is 6.57. The van der Waals surface area contributed by atoms with E-state index in [2.05, 4.69) is 72.7 Å². The molecule has 5 heteroatoms. The van der Waals surface area contributed by atoms with Gasteiger partial charge in [0.25, 0.3) is 0 Å². The van der Waals surface area contributed by atoms with Crippen LogP contribution in [-0.4, -0.2) is 28.8 Å². The van der Waals surface area contributed by atoms with E-state index < -0.39 is 0 Å². The fourth-order valence-corrected chi connectivity index (χ4v) is 3.15. The van der Waals surface area contributed by atoms with E-state index in [1.807, 2.05) is 18.8 Å². The van der Waals surface area contributed by atoms with Crippen LogP contribution in [0.4, 0.5) is 0 Å². The summed E-state index contributed by atoms with van der Waals surface area (Å²) in [4.78, 5) is 4.36. The molecule has 0 fully saturated rings. The number of hydrogen-bond acceptors (Lipinski definition) is 2. The normalized spacial score (nSPS) is 13.0. The molecule has 0 bridgehead atoms. The van der Waals surface area contributed by atoms with Crippen molar-refractivity contribution in [2.24, 2.45) is 12.0 Å². The van der Waals surface area contributed by atoms with Crippen LogP contribution in [0.25, 0.3) is 0 Å². The lowest BCUT2D eigenvalue weighted by Crippen LogP contribution is -2.42. The molecular formula is C20H31N5. The molecule has 1 aromatic carbocycles. The number of aliphatic imine (C=N–C) groups is 1. The van der Waals surface area contributed by atoms with Crippen LogP contribution < -0.4 is 10.6 Å². The molecule has 0 spiro atoms. The molecule has 0 saturated heterocycles. The van der Waals surface area contributed by atoms with Crippen LogP contribution in [0.3, 0.4) is 0 Å². The molecule has 1 atom stereocenters. The van der Waals surface area contributed by atoms with E-state index in [0.29, 0.717) is 0 Å². The van der Waals surface area contributed by atoms with Gasteiger partial charge in [-0.05, 0) is 50.3 Å². The van der Waals surface area contributed by atoms with Crippen molar-refractivity contribution in [1.29, 1.82) is 0 Å². The molecule has 0 saturated carbocycles. The Kier molecular flexibility index (Phi) is 6.62. The topological polar surface area (TPSA) is 54.2 Å². The zero-order valence-electron chi connectivity index (χ0n) is 16.3. The Balaban J connectivity index is 1.95. The third kappa shape index (κ3) is 4.84. The van der Waals surface area contributed by atoms with E-state index >= 15 is 0 Å². The van der Waals surface area contributed by atoms with Crippen molar-refractivity contribution in [2.75, 3.05) is 7.05 Å². The maximum atomic E-state index is 4.50. The summed E-state index contributed by atoms with van der Waals surface area (Å²) in [7, 11) is 3.81. The minimum Gasteiger partial charge on any atom is -0.354 e. The van der Waals surface area contributed by atoms with Gasteiger partial charge in [0.05, 0.1) is 5.69 Å². The smallest absolute Gasteiger partial charge is 0.191 e. The van der Waals surface area contributed by atoms with E-state index in [-0.39, 0.29) is 6.04 Å². The van der Waals surface area contributed by atoms with Gasteiger partial charge in [0, 0.05) is 32.4 Å². The molecule has 136 valence electrons. The molecule has 1 unspecified atom stereocenters. The molecule has 25 heavy (non-hydrogen) atoms. The number of nitrogens with zero attached hydrogens (tertiary/aromatic N) is 3. The van der Waals surface area contributed by atoms with Crippen LogP contribution in [0.5, 0.6) is 0 Å². The molecule has 0 radical (unpaired) electrons. The summed E-state index contributed by atoms with van der Waals surface area (Å²) in [6.07, 6.45) is 1.97. The Morgan fingerprint density at radius 1 is 1.24 bits per heavy atom. The Hall–Kier alpha value is -2.30. The number of aromatic nitrogens is 2. The number of hydrogen-bond donors (Lipinski definition) is 2. The molecule has 5 nitrogen and oxygen atoms in total. The first-order chi connectivity index (χ1) is 12.0. The zero-order chi connectivity index (χ0) is 18.4. The summed E-state index contributed by atoms with van der Waals surface area (Å²) in [5, 5.41) is 11.4. The lowest BCUT2D eigenvalue weighted by molar-refractivity contribution is 0.635. The van der Waals surface area contributed by atoms with Crippen LogP contribution in [0.1, 0.15) is 41.9 Å². The largest absolute Gasteiger partial charge is 0.354 e. The van der Waals surface area contributed by atoms with Gasteiger partial charge in [-0.25, -0.2) is 0 Å². The van der Waals surface area contributed by atoms with Crippen molar-refractivity contribution in [1.82, 2.24) is 20.4 Å². The van der Waals surface area contributed by atoms with E-state index in [4.69, 9.17) is 0 Å². The van der Waals surface area contributed by atoms with Gasteiger partial charge in [-0.15, -0.1) is 0 Å². The van der Waals surface area contributed by atoms with Crippen molar-refractivity contribution >= 4 is 5.96 Å². The molecule has 0 amide bonds. The lowest BCUT2D eigenvalue weighted by atomic mass is 10.1. The van der Waals surface area contributed by atoms with Gasteiger partial charge in [0.2, 0.25) is 0 Å². The average molecular weight is 342 g/mol. The van der Waals surface area contributed by atoms with Gasteiger partial charge in [-0.1, -0.05) is 31.2 Å². The fraction of sp³-hybridized carbons (Fsp3) is 0.500. The van der Waals surface area contributed by atoms with Gasteiger partial charge in [0.1, 0.15) is 0 Å². The quantitative estimate of drug-likeness (QED) is 0.627. The zero-order valence-corrected chi connectivity index (χ0v) is 16.3. The molecule has 2 aromatic rings. The van der Waals surface area contributed by atoms with Gasteiger partial charge in [0.15, 0.2) is 5.96 Å². The van der Waals surface area contributed by atoms with Crippen molar-refractivity contribution < 1.29 is 0 Å². The van der Waals surface area contributed by atoms with Gasteiger partial charge in [-0.3, -0.25) is 9.67 Å². The summed E-state index contributed by atoms with van der Waals surface area (Å²) in [6, 6.07) is 8.81. The monoisotopic (exact) mass is 341 g/mol. The first kappa shape index (κ1) is 19.0. The predicted molar refractivity (Wildman–Crippen MR) is 105 cm³/mol. The maximum absolute atomic E-state index is 4.50. The van der Waals surface area contributed by atoms with Crippen LogP contribution >= 0.6 is 0 Å². The highest BCUT2D eigenvalue weighted by molar-refractivity contribution is 5.80. The number of nitrogens with one attached hydrogen (secondary N) is 2. The van der Waals surface area contributed by atoms with E-state index in [1.165, 1.54) is 22.4 Å². The average Bonchev–Trinajstić information content (AvgIpc) is 2.85. The molecular weight excluding hydrogens is 310 g/mol. The molecule has 0 aliphatic rings. The maximum Gasteiger partial charge on any atom is 0.191 e. The first-order valence-corrected chi connectivity index (χ1v) is 8.99. The van der Waals surface area contributed by atoms with Gasteiger partial charge in [-0.2, -0.15) is 5.10 Å². The summed E-state index contributed by atoms with van der Waals surface area (Å²) >= 11 is 0. The minimum absolute atomic E-state index is 0.272. The third-order valence-electron chi connectivity index (χ3n) is 4.72. The Labute approximate surface area is 151 Å². The Bertz CT molecular complexity index is 730. The molecule has 0 aliphatic heterocycles. The molecule has 1 aromatic heterocycles. The van der Waals surface area contributed by atoms with Crippen LogP contribution in [0, 0.1) is 13.8 Å². The fourth-order valence-electron chi connectivity index (χ4n) is 3.15. The molecule has 2 rings (SSSR count). The molecule has 1 heterocycles. The minimum atomic E-state index is 0.272. The Morgan fingerprint density at radius 2 is 1.92 bits per heavy atom. The van der Waals surface area contributed by atoms with Crippen LogP contribution in [0.2, 0.25) is 0 Å². The molecule has 2 N–H and O–H groups in total. The van der Waals surface area contributed by atoms with Gasteiger partial charge < -0.3 is 10.6 Å². The predicted octanol–water partition coefficient (Wildman–Crippen LogP) is 2.90. The van der Waals surface area contributed by atoms with E-state index in [0.717, 1.165) is 31.0 Å². The summed E-state index contributed by atoms with van der Waals surface area (Å²) in [6.45, 7) is 9.34. The summed E-state index contributed by atoms with van der Waals surface area (Å²) in [5.41, 5.74) is 6.34. The highest BCUT2D eigenvalue weighted by Gasteiger charge is 2.14. The number of benzene rings is 1. The number of aryl methyl sites for hydroxylation is 3.